The Hall–Kier alpha value is -2.10. The third-order valence-electron chi connectivity index (χ3n) is 2.87. The van der Waals surface area contributed by atoms with Gasteiger partial charge in [-0.3, -0.25) is 9.48 Å². The molecule has 94 valence electrons. The molecule has 0 saturated carbocycles. The molecule has 1 N–H and O–H groups in total. The highest BCUT2D eigenvalue weighted by Crippen LogP contribution is 2.05. The minimum Gasteiger partial charge on any atom is -0.346 e. The first kappa shape index (κ1) is 12.4. The summed E-state index contributed by atoms with van der Waals surface area (Å²) in [5.41, 5.74) is 3.71. The highest BCUT2D eigenvalue weighted by atomic mass is 16.1. The number of amides is 1. The molecule has 0 fully saturated rings. The van der Waals surface area contributed by atoms with E-state index in [9.17, 15) is 4.79 Å². The Bertz CT molecular complexity index is 553. The standard InChI is InChI=1S/C14H17N3O/c1-10-5-4-6-12(7-10)14(18)15-9-13-8-11(2)17(3)16-13/h4-8H,9H2,1-3H3,(H,15,18). The molecule has 1 heterocycles. The van der Waals surface area contributed by atoms with Crippen LogP contribution in [-0.2, 0) is 13.6 Å². The number of nitrogens with zero attached hydrogens (tertiary/aromatic N) is 2. The quantitative estimate of drug-likeness (QED) is 0.895. The second kappa shape index (κ2) is 5.04. The number of carbonyl (C=O) groups excluding carboxylic acids is 1. The Morgan fingerprint density at radius 3 is 2.72 bits per heavy atom. The molecule has 0 aliphatic rings. The first-order valence-electron chi connectivity index (χ1n) is 5.90. The summed E-state index contributed by atoms with van der Waals surface area (Å²) in [6, 6.07) is 9.51. The van der Waals surface area contributed by atoms with Crippen LogP contribution in [0.1, 0.15) is 27.3 Å². The van der Waals surface area contributed by atoms with Crippen molar-refractivity contribution in [2.45, 2.75) is 20.4 Å². The van der Waals surface area contributed by atoms with E-state index in [4.69, 9.17) is 0 Å². The summed E-state index contributed by atoms with van der Waals surface area (Å²) < 4.78 is 1.80. The molecule has 0 atom stereocenters. The van der Waals surface area contributed by atoms with Crippen molar-refractivity contribution in [2.75, 3.05) is 0 Å². The molecular weight excluding hydrogens is 226 g/mol. The molecule has 1 aromatic carbocycles. The van der Waals surface area contributed by atoms with Crippen molar-refractivity contribution in [3.05, 3.63) is 52.8 Å². The molecule has 0 spiro atoms. The zero-order valence-corrected chi connectivity index (χ0v) is 10.9. The van der Waals surface area contributed by atoms with Gasteiger partial charge in [-0.2, -0.15) is 5.10 Å². The van der Waals surface area contributed by atoms with Gasteiger partial charge >= 0.3 is 0 Å². The predicted molar refractivity (Wildman–Crippen MR) is 70.3 cm³/mol. The maximum atomic E-state index is 11.9. The van der Waals surface area contributed by atoms with Crippen LogP contribution < -0.4 is 5.32 Å². The monoisotopic (exact) mass is 243 g/mol. The van der Waals surface area contributed by atoms with Gasteiger partial charge in [-0.25, -0.2) is 0 Å². The molecule has 0 bridgehead atoms. The van der Waals surface area contributed by atoms with Crippen LogP contribution in [0.4, 0.5) is 0 Å². The SMILES string of the molecule is Cc1cccc(C(=O)NCc2cc(C)n(C)n2)c1. The Labute approximate surface area is 107 Å². The molecule has 0 aliphatic heterocycles. The summed E-state index contributed by atoms with van der Waals surface area (Å²) in [5.74, 6) is -0.0676. The summed E-state index contributed by atoms with van der Waals surface area (Å²) in [6.07, 6.45) is 0. The second-order valence-corrected chi connectivity index (χ2v) is 4.45. The number of aryl methyl sites for hydroxylation is 3. The van der Waals surface area contributed by atoms with Crippen LogP contribution in [-0.4, -0.2) is 15.7 Å². The fraction of sp³-hybridized carbons (Fsp3) is 0.286. The minimum atomic E-state index is -0.0676. The largest absolute Gasteiger partial charge is 0.346 e. The van der Waals surface area contributed by atoms with Gasteiger partial charge in [-0.15, -0.1) is 0 Å². The summed E-state index contributed by atoms with van der Waals surface area (Å²) in [7, 11) is 1.89. The van der Waals surface area contributed by atoms with Crippen LogP contribution in [0.25, 0.3) is 0 Å². The van der Waals surface area contributed by atoms with Crippen LogP contribution in [0.2, 0.25) is 0 Å². The first-order valence-corrected chi connectivity index (χ1v) is 5.90. The number of rotatable bonds is 3. The zero-order chi connectivity index (χ0) is 13.1. The maximum absolute atomic E-state index is 11.9. The van der Waals surface area contributed by atoms with Gasteiger partial charge in [0.15, 0.2) is 0 Å². The van der Waals surface area contributed by atoms with Gasteiger partial charge in [-0.1, -0.05) is 17.7 Å². The van der Waals surface area contributed by atoms with Crippen LogP contribution in [0.3, 0.4) is 0 Å². The van der Waals surface area contributed by atoms with E-state index < -0.39 is 0 Å². The second-order valence-electron chi connectivity index (χ2n) is 4.45. The lowest BCUT2D eigenvalue weighted by Gasteiger charge is -2.03. The van der Waals surface area contributed by atoms with Gasteiger partial charge in [0, 0.05) is 18.3 Å². The van der Waals surface area contributed by atoms with Crippen molar-refractivity contribution in [2.24, 2.45) is 7.05 Å². The Morgan fingerprint density at radius 2 is 2.11 bits per heavy atom. The van der Waals surface area contributed by atoms with Gasteiger partial charge in [0.2, 0.25) is 0 Å². The number of nitrogens with one attached hydrogen (secondary N) is 1. The molecule has 0 aliphatic carbocycles. The summed E-state index contributed by atoms with van der Waals surface area (Å²) in [5, 5.41) is 7.16. The molecule has 18 heavy (non-hydrogen) atoms. The number of hydrogen-bond donors (Lipinski definition) is 1. The number of benzene rings is 1. The van der Waals surface area contributed by atoms with Crippen molar-refractivity contribution in [3.63, 3.8) is 0 Å². The van der Waals surface area contributed by atoms with E-state index in [0.29, 0.717) is 12.1 Å². The van der Waals surface area contributed by atoms with E-state index in [1.165, 1.54) is 0 Å². The number of carbonyl (C=O) groups is 1. The van der Waals surface area contributed by atoms with Gasteiger partial charge in [0.25, 0.3) is 5.91 Å². The van der Waals surface area contributed by atoms with Crippen molar-refractivity contribution < 1.29 is 4.79 Å². The highest BCUT2D eigenvalue weighted by molar-refractivity contribution is 5.94. The maximum Gasteiger partial charge on any atom is 0.251 e. The molecule has 4 heteroatoms. The Morgan fingerprint density at radius 1 is 1.33 bits per heavy atom. The summed E-state index contributed by atoms with van der Waals surface area (Å²) in [4.78, 5) is 11.9. The molecule has 0 unspecified atom stereocenters. The molecule has 0 saturated heterocycles. The van der Waals surface area contributed by atoms with E-state index in [0.717, 1.165) is 17.0 Å². The highest BCUT2D eigenvalue weighted by Gasteiger charge is 2.07. The number of aromatic nitrogens is 2. The zero-order valence-electron chi connectivity index (χ0n) is 10.9. The molecule has 1 amide bonds. The normalized spacial score (nSPS) is 10.4. The molecule has 4 nitrogen and oxygen atoms in total. The molecule has 0 radical (unpaired) electrons. The third-order valence-corrected chi connectivity index (χ3v) is 2.87. The van der Waals surface area contributed by atoms with E-state index >= 15 is 0 Å². The average molecular weight is 243 g/mol. The van der Waals surface area contributed by atoms with Crippen LogP contribution in [0, 0.1) is 13.8 Å². The summed E-state index contributed by atoms with van der Waals surface area (Å²) >= 11 is 0. The van der Waals surface area contributed by atoms with Crippen molar-refractivity contribution >= 4 is 5.91 Å². The number of hydrogen-bond acceptors (Lipinski definition) is 2. The van der Waals surface area contributed by atoms with Crippen molar-refractivity contribution in [1.29, 1.82) is 0 Å². The smallest absolute Gasteiger partial charge is 0.251 e. The fourth-order valence-electron chi connectivity index (χ4n) is 1.78. The van der Waals surface area contributed by atoms with Crippen LogP contribution in [0.5, 0.6) is 0 Å². The van der Waals surface area contributed by atoms with E-state index in [2.05, 4.69) is 10.4 Å². The van der Waals surface area contributed by atoms with Gasteiger partial charge < -0.3 is 5.32 Å². The molecule has 1 aromatic heterocycles. The lowest BCUT2D eigenvalue weighted by Crippen LogP contribution is -2.23. The third kappa shape index (κ3) is 2.77. The average Bonchev–Trinajstić information content (AvgIpc) is 2.66. The summed E-state index contributed by atoms with van der Waals surface area (Å²) in [6.45, 7) is 4.41. The van der Waals surface area contributed by atoms with Gasteiger partial charge in [-0.05, 0) is 32.0 Å². The lowest BCUT2D eigenvalue weighted by atomic mass is 10.1. The van der Waals surface area contributed by atoms with Crippen LogP contribution >= 0.6 is 0 Å². The van der Waals surface area contributed by atoms with Crippen LogP contribution in [0.15, 0.2) is 30.3 Å². The fourth-order valence-corrected chi connectivity index (χ4v) is 1.78. The topological polar surface area (TPSA) is 46.9 Å². The van der Waals surface area contributed by atoms with Gasteiger partial charge in [0.05, 0.1) is 12.2 Å². The predicted octanol–water partition coefficient (Wildman–Crippen LogP) is 1.97. The van der Waals surface area contributed by atoms with Crippen molar-refractivity contribution in [1.82, 2.24) is 15.1 Å². The first-order chi connectivity index (χ1) is 8.56. The molecule has 2 rings (SSSR count). The molecule has 2 aromatic rings. The van der Waals surface area contributed by atoms with Gasteiger partial charge in [0.1, 0.15) is 0 Å². The Balaban J connectivity index is 2.00. The van der Waals surface area contributed by atoms with E-state index in [1.807, 2.05) is 51.2 Å². The minimum absolute atomic E-state index is 0.0676. The van der Waals surface area contributed by atoms with E-state index in [1.54, 1.807) is 4.68 Å². The lowest BCUT2D eigenvalue weighted by molar-refractivity contribution is 0.0950. The van der Waals surface area contributed by atoms with E-state index in [-0.39, 0.29) is 5.91 Å². The Kier molecular flexibility index (Phi) is 3.46. The molecular formula is C14H17N3O. The van der Waals surface area contributed by atoms with Crippen molar-refractivity contribution in [3.8, 4) is 0 Å².